The summed E-state index contributed by atoms with van der Waals surface area (Å²) in [4.78, 5) is 0. The van der Waals surface area contributed by atoms with Crippen molar-refractivity contribution in [3.05, 3.63) is 59.4 Å². The van der Waals surface area contributed by atoms with Crippen molar-refractivity contribution in [1.82, 2.24) is 0 Å². The third kappa shape index (κ3) is 3.97. The number of anilines is 1. The van der Waals surface area contributed by atoms with Crippen molar-refractivity contribution in [1.29, 1.82) is 0 Å². The Morgan fingerprint density at radius 2 is 1.86 bits per heavy atom. The lowest BCUT2D eigenvalue weighted by molar-refractivity contribution is 0.386. The number of benzene rings is 2. The fraction of sp³-hybridized carbons (Fsp3) is 0.333. The van der Waals surface area contributed by atoms with Gasteiger partial charge in [0.15, 0.2) is 11.6 Å². The number of hydrogen-bond donors (Lipinski definition) is 1. The maximum atomic E-state index is 13.6. The van der Waals surface area contributed by atoms with Crippen molar-refractivity contribution < 1.29 is 9.13 Å². The van der Waals surface area contributed by atoms with Gasteiger partial charge in [-0.2, -0.15) is 0 Å². The predicted octanol–water partition coefficient (Wildman–Crippen LogP) is 4.96. The zero-order valence-electron chi connectivity index (χ0n) is 12.8. The Hall–Kier alpha value is -2.03. The highest BCUT2D eigenvalue weighted by Gasteiger charge is 2.04. The smallest absolute Gasteiger partial charge is 0.165 e. The lowest BCUT2D eigenvalue weighted by Crippen LogP contribution is -2.01. The summed E-state index contributed by atoms with van der Waals surface area (Å²) in [6.07, 6.45) is 1.14. The van der Waals surface area contributed by atoms with Gasteiger partial charge in [-0.25, -0.2) is 4.39 Å². The molecule has 1 unspecified atom stereocenters. The van der Waals surface area contributed by atoms with Gasteiger partial charge in [0.25, 0.3) is 0 Å². The molecule has 0 saturated heterocycles. The molecule has 0 radical (unpaired) electrons. The van der Waals surface area contributed by atoms with Gasteiger partial charge in [-0.1, -0.05) is 32.0 Å². The summed E-state index contributed by atoms with van der Waals surface area (Å²) in [6, 6.07) is 13.4. The number of halogens is 1. The molecule has 2 nitrogen and oxygen atoms in total. The molecule has 112 valence electrons. The van der Waals surface area contributed by atoms with Gasteiger partial charge in [0, 0.05) is 12.2 Å². The van der Waals surface area contributed by atoms with Crippen LogP contribution in [0.1, 0.15) is 37.3 Å². The van der Waals surface area contributed by atoms with Gasteiger partial charge in [-0.15, -0.1) is 0 Å². The minimum absolute atomic E-state index is 0.275. The van der Waals surface area contributed by atoms with Crippen LogP contribution in [0.5, 0.6) is 5.75 Å². The Bertz CT molecular complexity index is 580. The molecule has 21 heavy (non-hydrogen) atoms. The lowest BCUT2D eigenvalue weighted by atomic mass is 9.99. The van der Waals surface area contributed by atoms with Gasteiger partial charge in [0.2, 0.25) is 0 Å². The largest absolute Gasteiger partial charge is 0.494 e. The van der Waals surface area contributed by atoms with Crippen LogP contribution in [0.15, 0.2) is 42.5 Å². The van der Waals surface area contributed by atoms with Crippen LogP contribution in [0.4, 0.5) is 10.1 Å². The number of rotatable bonds is 6. The molecule has 0 amide bonds. The summed E-state index contributed by atoms with van der Waals surface area (Å²) in [5.74, 6) is 0.523. The van der Waals surface area contributed by atoms with Crippen LogP contribution >= 0.6 is 0 Å². The van der Waals surface area contributed by atoms with E-state index in [-0.39, 0.29) is 11.6 Å². The minimum atomic E-state index is -0.330. The topological polar surface area (TPSA) is 21.3 Å². The first-order chi connectivity index (χ1) is 10.1. The highest BCUT2D eigenvalue weighted by atomic mass is 19.1. The van der Waals surface area contributed by atoms with Gasteiger partial charge in [0.1, 0.15) is 0 Å². The molecule has 1 N–H and O–H groups in total. The summed E-state index contributed by atoms with van der Waals surface area (Å²) in [7, 11) is 1.47. The molecule has 0 aliphatic rings. The minimum Gasteiger partial charge on any atom is -0.494 e. The monoisotopic (exact) mass is 287 g/mol. The fourth-order valence-corrected chi connectivity index (χ4v) is 2.19. The van der Waals surface area contributed by atoms with Crippen molar-refractivity contribution in [2.75, 3.05) is 12.4 Å². The van der Waals surface area contributed by atoms with Gasteiger partial charge in [-0.3, -0.25) is 0 Å². The van der Waals surface area contributed by atoms with Crippen molar-refractivity contribution in [3.8, 4) is 5.75 Å². The molecule has 0 heterocycles. The van der Waals surface area contributed by atoms with Crippen LogP contribution in [0.25, 0.3) is 0 Å². The highest BCUT2D eigenvalue weighted by molar-refractivity contribution is 5.46. The number of nitrogens with one attached hydrogen (secondary N) is 1. The zero-order chi connectivity index (χ0) is 15.2. The Balaban J connectivity index is 1.98. The normalized spacial score (nSPS) is 12.0. The van der Waals surface area contributed by atoms with Gasteiger partial charge < -0.3 is 10.1 Å². The number of ether oxygens (including phenoxy) is 1. The van der Waals surface area contributed by atoms with E-state index in [9.17, 15) is 4.39 Å². The van der Waals surface area contributed by atoms with Crippen LogP contribution in [0.2, 0.25) is 0 Å². The average molecular weight is 287 g/mol. The summed E-state index contributed by atoms with van der Waals surface area (Å²) in [6.45, 7) is 5.00. The molecule has 0 bridgehead atoms. The second-order valence-electron chi connectivity index (χ2n) is 5.25. The number of methoxy groups -OCH3 is 1. The lowest BCUT2D eigenvalue weighted by Gasteiger charge is -2.11. The molecular weight excluding hydrogens is 265 g/mol. The van der Waals surface area contributed by atoms with E-state index in [4.69, 9.17) is 4.74 Å². The molecule has 3 heteroatoms. The molecule has 0 fully saturated rings. The van der Waals surface area contributed by atoms with Crippen molar-refractivity contribution >= 4 is 5.69 Å². The fourth-order valence-electron chi connectivity index (χ4n) is 2.19. The molecule has 0 aromatic heterocycles. The first kappa shape index (κ1) is 15.4. The quantitative estimate of drug-likeness (QED) is 0.810. The average Bonchev–Trinajstić information content (AvgIpc) is 2.52. The van der Waals surface area contributed by atoms with E-state index >= 15 is 0 Å². The molecule has 0 aliphatic carbocycles. The van der Waals surface area contributed by atoms with Crippen LogP contribution in [-0.4, -0.2) is 7.11 Å². The van der Waals surface area contributed by atoms with E-state index < -0.39 is 0 Å². The van der Waals surface area contributed by atoms with Crippen molar-refractivity contribution in [3.63, 3.8) is 0 Å². The third-order valence-corrected chi connectivity index (χ3v) is 3.80. The van der Waals surface area contributed by atoms with Crippen LogP contribution in [-0.2, 0) is 6.54 Å². The Morgan fingerprint density at radius 3 is 2.43 bits per heavy atom. The van der Waals surface area contributed by atoms with E-state index in [1.807, 2.05) is 6.07 Å². The van der Waals surface area contributed by atoms with E-state index in [2.05, 4.69) is 43.4 Å². The molecule has 2 aromatic rings. The van der Waals surface area contributed by atoms with Crippen molar-refractivity contribution in [2.24, 2.45) is 0 Å². The maximum Gasteiger partial charge on any atom is 0.165 e. The van der Waals surface area contributed by atoms with Gasteiger partial charge in [-0.05, 0) is 47.7 Å². The molecule has 2 aromatic carbocycles. The Morgan fingerprint density at radius 1 is 1.14 bits per heavy atom. The first-order valence-electron chi connectivity index (χ1n) is 7.30. The SMILES string of the molecule is CCC(C)c1ccc(NCc2ccc(OC)c(F)c2)cc1. The van der Waals surface area contributed by atoms with Crippen LogP contribution in [0.3, 0.4) is 0 Å². The molecule has 0 aliphatic heterocycles. The molecular formula is C18H22FNO. The second kappa shape index (κ2) is 7.11. The van der Waals surface area contributed by atoms with Crippen LogP contribution in [0, 0.1) is 5.82 Å². The van der Waals surface area contributed by atoms with Gasteiger partial charge in [0.05, 0.1) is 7.11 Å². The maximum absolute atomic E-state index is 13.6. The molecule has 0 spiro atoms. The molecule has 1 atom stereocenters. The van der Waals surface area contributed by atoms with E-state index in [1.54, 1.807) is 6.07 Å². The van der Waals surface area contributed by atoms with E-state index in [0.717, 1.165) is 17.7 Å². The number of hydrogen-bond acceptors (Lipinski definition) is 2. The van der Waals surface area contributed by atoms with E-state index in [0.29, 0.717) is 12.5 Å². The summed E-state index contributed by atoms with van der Waals surface area (Å²) in [5, 5.41) is 3.30. The van der Waals surface area contributed by atoms with E-state index in [1.165, 1.54) is 18.7 Å². The zero-order valence-corrected chi connectivity index (χ0v) is 12.8. The standard InChI is InChI=1S/C18H22FNO/c1-4-13(2)15-6-8-16(9-7-15)20-12-14-5-10-18(21-3)17(19)11-14/h5-11,13,20H,4,12H2,1-3H3. The van der Waals surface area contributed by atoms with Crippen LogP contribution < -0.4 is 10.1 Å². The highest BCUT2D eigenvalue weighted by Crippen LogP contribution is 2.21. The summed E-state index contributed by atoms with van der Waals surface area (Å²) in [5.41, 5.74) is 3.27. The summed E-state index contributed by atoms with van der Waals surface area (Å²) < 4.78 is 18.5. The first-order valence-corrected chi connectivity index (χ1v) is 7.30. The Kier molecular flexibility index (Phi) is 5.20. The predicted molar refractivity (Wildman–Crippen MR) is 85.4 cm³/mol. The molecule has 2 rings (SSSR count). The van der Waals surface area contributed by atoms with Crippen molar-refractivity contribution in [2.45, 2.75) is 32.7 Å². The third-order valence-electron chi connectivity index (χ3n) is 3.80. The molecule has 0 saturated carbocycles. The second-order valence-corrected chi connectivity index (χ2v) is 5.25. The summed E-state index contributed by atoms with van der Waals surface area (Å²) >= 11 is 0. The van der Waals surface area contributed by atoms with Gasteiger partial charge >= 0.3 is 0 Å². The Labute approximate surface area is 126 Å².